The Morgan fingerprint density at radius 3 is 2.62 bits per heavy atom. The van der Waals surface area contributed by atoms with Crippen molar-refractivity contribution in [2.75, 3.05) is 7.11 Å². The van der Waals surface area contributed by atoms with Crippen LogP contribution in [0.2, 0.25) is 0 Å². The van der Waals surface area contributed by atoms with Gasteiger partial charge in [-0.1, -0.05) is 6.07 Å². The number of aliphatic hydroxyl groups is 1. The lowest BCUT2D eigenvalue weighted by Crippen LogP contribution is -2.03. The van der Waals surface area contributed by atoms with Gasteiger partial charge in [-0.25, -0.2) is 4.39 Å². The van der Waals surface area contributed by atoms with E-state index >= 15 is 0 Å². The van der Waals surface area contributed by atoms with E-state index in [1.54, 1.807) is 38.3 Å². The number of hydrogen-bond acceptors (Lipinski definition) is 3. The van der Waals surface area contributed by atoms with E-state index in [9.17, 15) is 9.50 Å². The van der Waals surface area contributed by atoms with Crippen molar-refractivity contribution in [2.24, 2.45) is 0 Å². The highest BCUT2D eigenvalue weighted by molar-refractivity contribution is 5.42. The van der Waals surface area contributed by atoms with Crippen LogP contribution in [0.3, 0.4) is 0 Å². The van der Waals surface area contributed by atoms with Gasteiger partial charge in [0, 0.05) is 11.6 Å². The minimum atomic E-state index is -0.653. The molecule has 0 aliphatic heterocycles. The summed E-state index contributed by atoms with van der Waals surface area (Å²) in [5.74, 6) is 0.888. The quantitative estimate of drug-likeness (QED) is 0.911. The topological polar surface area (TPSA) is 38.7 Å². The van der Waals surface area contributed by atoms with E-state index in [1.807, 2.05) is 6.92 Å². The van der Waals surface area contributed by atoms with Gasteiger partial charge in [0.25, 0.3) is 0 Å². The van der Waals surface area contributed by atoms with Gasteiger partial charge in [0.2, 0.25) is 0 Å². The first kappa shape index (κ1) is 15.3. The molecular weight excluding hydrogens is 271 g/mol. The molecule has 0 saturated carbocycles. The Morgan fingerprint density at radius 1 is 1.19 bits per heavy atom. The number of halogens is 1. The third kappa shape index (κ3) is 3.73. The van der Waals surface area contributed by atoms with Gasteiger partial charge in [0.05, 0.1) is 13.2 Å². The van der Waals surface area contributed by atoms with E-state index in [4.69, 9.17) is 9.47 Å². The summed E-state index contributed by atoms with van der Waals surface area (Å²) in [6.45, 7) is 3.80. The van der Waals surface area contributed by atoms with Crippen molar-refractivity contribution in [1.82, 2.24) is 0 Å². The van der Waals surface area contributed by atoms with Crippen LogP contribution in [0.1, 0.15) is 29.7 Å². The van der Waals surface area contributed by atoms with Crippen LogP contribution in [0, 0.1) is 12.7 Å². The monoisotopic (exact) mass is 290 g/mol. The molecule has 0 unspecified atom stereocenters. The van der Waals surface area contributed by atoms with Crippen molar-refractivity contribution in [3.05, 3.63) is 58.9 Å². The molecule has 0 heterocycles. The number of methoxy groups -OCH3 is 1. The van der Waals surface area contributed by atoms with E-state index in [1.165, 1.54) is 12.1 Å². The van der Waals surface area contributed by atoms with Gasteiger partial charge in [-0.2, -0.15) is 0 Å². The minimum Gasteiger partial charge on any atom is -0.497 e. The summed E-state index contributed by atoms with van der Waals surface area (Å²) in [7, 11) is 1.57. The normalized spacial score (nSPS) is 12.0. The van der Waals surface area contributed by atoms with Crippen molar-refractivity contribution in [3.8, 4) is 11.5 Å². The van der Waals surface area contributed by atoms with Gasteiger partial charge in [0.1, 0.15) is 23.9 Å². The lowest BCUT2D eigenvalue weighted by Gasteiger charge is -2.15. The summed E-state index contributed by atoms with van der Waals surface area (Å²) >= 11 is 0. The van der Waals surface area contributed by atoms with Crippen LogP contribution in [0.5, 0.6) is 11.5 Å². The molecule has 112 valence electrons. The molecule has 0 amide bonds. The average Bonchev–Trinajstić information content (AvgIpc) is 2.47. The molecule has 0 spiro atoms. The van der Waals surface area contributed by atoms with Gasteiger partial charge in [-0.15, -0.1) is 0 Å². The maximum absolute atomic E-state index is 13.3. The molecule has 2 aromatic rings. The molecule has 0 aliphatic carbocycles. The molecule has 2 aromatic carbocycles. The zero-order valence-corrected chi connectivity index (χ0v) is 12.4. The predicted octanol–water partition coefficient (Wildman–Crippen LogP) is 3.78. The second-order valence-electron chi connectivity index (χ2n) is 4.94. The summed E-state index contributed by atoms with van der Waals surface area (Å²) in [5, 5.41) is 9.78. The Labute approximate surface area is 124 Å². The number of hydrogen-bond donors (Lipinski definition) is 1. The standard InChI is InChI=1S/C17H19FO3/c1-11-4-5-14(18)8-13(11)10-21-17-9-15(20-3)6-7-16(17)12(2)19/h4-9,12,19H,10H2,1-3H3/t12-/m1/s1. The molecule has 0 bridgehead atoms. The summed E-state index contributed by atoms with van der Waals surface area (Å²) in [5.41, 5.74) is 2.40. The van der Waals surface area contributed by atoms with E-state index in [0.717, 1.165) is 11.1 Å². The Balaban J connectivity index is 2.24. The Kier molecular flexibility index (Phi) is 4.81. The van der Waals surface area contributed by atoms with Gasteiger partial charge < -0.3 is 14.6 Å². The molecule has 21 heavy (non-hydrogen) atoms. The summed E-state index contributed by atoms with van der Waals surface area (Å²) in [6, 6.07) is 9.84. The number of benzene rings is 2. The smallest absolute Gasteiger partial charge is 0.129 e. The predicted molar refractivity (Wildman–Crippen MR) is 79.1 cm³/mol. The zero-order valence-electron chi connectivity index (χ0n) is 12.4. The number of aryl methyl sites for hydroxylation is 1. The highest BCUT2D eigenvalue weighted by atomic mass is 19.1. The van der Waals surface area contributed by atoms with Crippen LogP contribution in [0.25, 0.3) is 0 Å². The van der Waals surface area contributed by atoms with E-state index < -0.39 is 6.10 Å². The average molecular weight is 290 g/mol. The zero-order chi connectivity index (χ0) is 15.4. The molecule has 4 heteroatoms. The molecule has 0 fully saturated rings. The maximum atomic E-state index is 13.3. The van der Waals surface area contributed by atoms with Gasteiger partial charge >= 0.3 is 0 Å². The third-order valence-electron chi connectivity index (χ3n) is 3.37. The maximum Gasteiger partial charge on any atom is 0.129 e. The fraction of sp³-hybridized carbons (Fsp3) is 0.294. The second-order valence-corrected chi connectivity index (χ2v) is 4.94. The van der Waals surface area contributed by atoms with Gasteiger partial charge in [-0.3, -0.25) is 0 Å². The molecule has 0 radical (unpaired) electrons. The second kappa shape index (κ2) is 6.59. The molecule has 3 nitrogen and oxygen atoms in total. The molecule has 1 atom stereocenters. The Morgan fingerprint density at radius 2 is 1.95 bits per heavy atom. The highest BCUT2D eigenvalue weighted by Crippen LogP contribution is 2.30. The molecular formula is C17H19FO3. The first-order valence-electron chi connectivity index (χ1n) is 6.75. The molecule has 0 aromatic heterocycles. The van der Waals surface area contributed by atoms with Crippen LogP contribution < -0.4 is 9.47 Å². The van der Waals surface area contributed by atoms with E-state index in [0.29, 0.717) is 17.1 Å². The van der Waals surface area contributed by atoms with Gasteiger partial charge in [-0.05, 0) is 49.2 Å². The molecule has 0 saturated heterocycles. The fourth-order valence-corrected chi connectivity index (χ4v) is 2.06. The SMILES string of the molecule is COc1ccc([C@@H](C)O)c(OCc2cc(F)ccc2C)c1. The molecule has 2 rings (SSSR count). The van der Waals surface area contributed by atoms with Crippen LogP contribution >= 0.6 is 0 Å². The Bertz CT molecular complexity index is 623. The van der Waals surface area contributed by atoms with Crippen LogP contribution in [-0.2, 0) is 6.61 Å². The van der Waals surface area contributed by atoms with Crippen molar-refractivity contribution in [2.45, 2.75) is 26.6 Å². The van der Waals surface area contributed by atoms with Crippen molar-refractivity contribution < 1.29 is 19.0 Å². The minimum absolute atomic E-state index is 0.233. The first-order chi connectivity index (χ1) is 10.0. The number of ether oxygens (including phenoxy) is 2. The largest absolute Gasteiger partial charge is 0.497 e. The van der Waals surface area contributed by atoms with Crippen molar-refractivity contribution in [1.29, 1.82) is 0 Å². The fourth-order valence-electron chi connectivity index (χ4n) is 2.06. The molecule has 1 N–H and O–H groups in total. The summed E-state index contributed by atoms with van der Waals surface area (Å²) in [4.78, 5) is 0. The summed E-state index contributed by atoms with van der Waals surface area (Å²) in [6.07, 6.45) is -0.653. The van der Waals surface area contributed by atoms with Crippen molar-refractivity contribution >= 4 is 0 Å². The van der Waals surface area contributed by atoms with E-state index in [2.05, 4.69) is 0 Å². The van der Waals surface area contributed by atoms with Gasteiger partial charge in [0.15, 0.2) is 0 Å². The van der Waals surface area contributed by atoms with Crippen LogP contribution in [-0.4, -0.2) is 12.2 Å². The van der Waals surface area contributed by atoms with Crippen LogP contribution in [0.4, 0.5) is 4.39 Å². The number of aliphatic hydroxyl groups excluding tert-OH is 1. The lowest BCUT2D eigenvalue weighted by molar-refractivity contribution is 0.189. The lowest BCUT2D eigenvalue weighted by atomic mass is 10.1. The third-order valence-corrected chi connectivity index (χ3v) is 3.37. The molecule has 0 aliphatic rings. The number of rotatable bonds is 5. The highest BCUT2D eigenvalue weighted by Gasteiger charge is 2.11. The Hall–Kier alpha value is -2.07. The van der Waals surface area contributed by atoms with Crippen LogP contribution in [0.15, 0.2) is 36.4 Å². The summed E-state index contributed by atoms with van der Waals surface area (Å²) < 4.78 is 24.2. The van der Waals surface area contributed by atoms with Crippen molar-refractivity contribution in [3.63, 3.8) is 0 Å². The van der Waals surface area contributed by atoms with E-state index in [-0.39, 0.29) is 12.4 Å². The first-order valence-corrected chi connectivity index (χ1v) is 6.75.